The molecular formula is C16H17F3N2O3S. The first kappa shape index (κ1) is 19.2. The van der Waals surface area contributed by atoms with Gasteiger partial charge in [-0.1, -0.05) is 12.1 Å². The van der Waals surface area contributed by atoms with Crippen LogP contribution in [0.25, 0.3) is 10.2 Å². The standard InChI is InChI=1S/C16H17F3N2O3S/c17-16(18,19)9-11(15(23)24)20-13(22)7-3-4-8-14-21-10-5-1-2-6-12(10)25-14/h1-2,5-6,11H,3-4,7-9H2,(H,20,22)(H,23,24). The summed E-state index contributed by atoms with van der Waals surface area (Å²) in [4.78, 5) is 26.9. The predicted octanol–water partition coefficient (Wildman–Crippen LogP) is 3.53. The third-order valence-electron chi connectivity index (χ3n) is 3.45. The Labute approximate surface area is 145 Å². The Morgan fingerprint density at radius 3 is 2.60 bits per heavy atom. The fraction of sp³-hybridized carbons (Fsp3) is 0.438. The van der Waals surface area contributed by atoms with Gasteiger partial charge in [-0.15, -0.1) is 11.3 Å². The van der Waals surface area contributed by atoms with E-state index in [4.69, 9.17) is 5.11 Å². The number of hydrogen-bond donors (Lipinski definition) is 2. The SMILES string of the molecule is O=C(CCCCc1nc2ccccc2s1)NC(CC(F)(F)F)C(=O)O. The van der Waals surface area contributed by atoms with Gasteiger partial charge in [-0.3, -0.25) is 4.79 Å². The minimum absolute atomic E-state index is 0.0213. The normalized spacial score (nSPS) is 12.9. The third kappa shape index (κ3) is 6.33. The largest absolute Gasteiger partial charge is 0.480 e. The predicted molar refractivity (Wildman–Crippen MR) is 87.4 cm³/mol. The zero-order valence-electron chi connectivity index (χ0n) is 13.2. The number of halogens is 3. The first-order chi connectivity index (χ1) is 11.7. The maximum atomic E-state index is 12.3. The molecule has 0 aliphatic heterocycles. The molecule has 0 fully saturated rings. The van der Waals surface area contributed by atoms with Crippen LogP contribution in [-0.4, -0.2) is 34.2 Å². The van der Waals surface area contributed by atoms with Crippen LogP contribution in [0.2, 0.25) is 0 Å². The second-order valence-electron chi connectivity index (χ2n) is 5.56. The number of amides is 1. The number of aryl methyl sites for hydroxylation is 1. The number of para-hydroxylation sites is 1. The monoisotopic (exact) mass is 374 g/mol. The number of carbonyl (C=O) groups is 2. The summed E-state index contributed by atoms with van der Waals surface area (Å²) in [5, 5.41) is 11.6. The second-order valence-corrected chi connectivity index (χ2v) is 6.68. The molecule has 1 aromatic carbocycles. The summed E-state index contributed by atoms with van der Waals surface area (Å²) < 4.78 is 37.9. The number of nitrogens with one attached hydrogen (secondary N) is 1. The van der Waals surface area contributed by atoms with Crippen molar-refractivity contribution < 1.29 is 27.9 Å². The van der Waals surface area contributed by atoms with Crippen molar-refractivity contribution in [1.82, 2.24) is 10.3 Å². The number of aromatic nitrogens is 1. The lowest BCUT2D eigenvalue weighted by molar-refractivity contribution is -0.160. The van der Waals surface area contributed by atoms with Gasteiger partial charge in [0, 0.05) is 6.42 Å². The average molecular weight is 374 g/mol. The summed E-state index contributed by atoms with van der Waals surface area (Å²) in [6.45, 7) is 0. The molecule has 1 unspecified atom stereocenters. The Bertz CT molecular complexity index is 713. The summed E-state index contributed by atoms with van der Waals surface area (Å²) in [6, 6.07) is 5.76. The Morgan fingerprint density at radius 1 is 1.24 bits per heavy atom. The van der Waals surface area contributed by atoms with Gasteiger partial charge in [-0.25, -0.2) is 9.78 Å². The van der Waals surface area contributed by atoms with E-state index in [1.54, 1.807) is 11.3 Å². The van der Waals surface area contributed by atoms with E-state index in [-0.39, 0.29) is 6.42 Å². The van der Waals surface area contributed by atoms with Crippen LogP contribution >= 0.6 is 11.3 Å². The van der Waals surface area contributed by atoms with Crippen molar-refractivity contribution in [1.29, 1.82) is 0 Å². The maximum absolute atomic E-state index is 12.3. The molecule has 0 spiro atoms. The van der Waals surface area contributed by atoms with Gasteiger partial charge in [0.05, 0.1) is 21.6 Å². The first-order valence-corrected chi connectivity index (χ1v) is 8.49. The van der Waals surface area contributed by atoms with Crippen molar-refractivity contribution >= 4 is 33.4 Å². The van der Waals surface area contributed by atoms with E-state index in [9.17, 15) is 22.8 Å². The van der Waals surface area contributed by atoms with Gasteiger partial charge >= 0.3 is 12.1 Å². The molecule has 25 heavy (non-hydrogen) atoms. The van der Waals surface area contributed by atoms with Gasteiger partial charge in [0.25, 0.3) is 0 Å². The summed E-state index contributed by atoms with van der Waals surface area (Å²) in [5.41, 5.74) is 0.914. The van der Waals surface area contributed by atoms with E-state index in [1.165, 1.54) is 0 Å². The molecule has 0 bridgehead atoms. The molecule has 9 heteroatoms. The number of thiazole rings is 1. The average Bonchev–Trinajstić information content (AvgIpc) is 2.92. The van der Waals surface area contributed by atoms with E-state index < -0.39 is 30.5 Å². The van der Waals surface area contributed by atoms with Gasteiger partial charge in [0.15, 0.2) is 0 Å². The molecule has 0 radical (unpaired) electrons. The molecule has 0 saturated heterocycles. The summed E-state index contributed by atoms with van der Waals surface area (Å²) in [5.74, 6) is -2.39. The maximum Gasteiger partial charge on any atom is 0.391 e. The highest BCUT2D eigenvalue weighted by Crippen LogP contribution is 2.23. The fourth-order valence-corrected chi connectivity index (χ4v) is 3.30. The number of rotatable bonds is 8. The molecule has 2 rings (SSSR count). The van der Waals surface area contributed by atoms with Gasteiger partial charge in [0.1, 0.15) is 6.04 Å². The highest BCUT2D eigenvalue weighted by Gasteiger charge is 2.36. The van der Waals surface area contributed by atoms with Crippen molar-refractivity contribution in [3.63, 3.8) is 0 Å². The number of carbonyl (C=O) groups excluding carboxylic acids is 1. The molecule has 0 aliphatic rings. The number of fused-ring (bicyclic) bond motifs is 1. The van der Waals surface area contributed by atoms with Gasteiger partial charge in [-0.2, -0.15) is 13.2 Å². The molecule has 136 valence electrons. The summed E-state index contributed by atoms with van der Waals surface area (Å²) in [6.07, 6.45) is -4.50. The van der Waals surface area contributed by atoms with Crippen LogP contribution in [0.3, 0.4) is 0 Å². The third-order valence-corrected chi connectivity index (χ3v) is 4.55. The van der Waals surface area contributed by atoms with Crippen LogP contribution in [0.4, 0.5) is 13.2 Å². The molecule has 0 saturated carbocycles. The highest BCUT2D eigenvalue weighted by molar-refractivity contribution is 7.18. The highest BCUT2D eigenvalue weighted by atomic mass is 32.1. The minimum atomic E-state index is -4.65. The number of aliphatic carboxylic acids is 1. The molecule has 1 aromatic heterocycles. The topological polar surface area (TPSA) is 79.3 Å². The van der Waals surface area contributed by atoms with Crippen LogP contribution < -0.4 is 5.32 Å². The van der Waals surface area contributed by atoms with E-state index in [0.29, 0.717) is 19.3 Å². The molecule has 1 amide bonds. The zero-order chi connectivity index (χ0) is 18.4. The molecule has 2 aromatic rings. The van der Waals surface area contributed by atoms with Crippen molar-refractivity contribution in [2.75, 3.05) is 0 Å². The van der Waals surface area contributed by atoms with Crippen LogP contribution in [0.15, 0.2) is 24.3 Å². The molecule has 1 atom stereocenters. The molecule has 5 nitrogen and oxygen atoms in total. The Morgan fingerprint density at radius 2 is 1.96 bits per heavy atom. The quantitative estimate of drug-likeness (QED) is 0.693. The summed E-state index contributed by atoms with van der Waals surface area (Å²) >= 11 is 1.56. The van der Waals surface area contributed by atoms with Gasteiger partial charge in [0.2, 0.25) is 5.91 Å². The number of nitrogens with zero attached hydrogens (tertiary/aromatic N) is 1. The summed E-state index contributed by atoms with van der Waals surface area (Å²) in [7, 11) is 0. The lowest BCUT2D eigenvalue weighted by Crippen LogP contribution is -2.43. The van der Waals surface area contributed by atoms with Crippen LogP contribution in [0, 0.1) is 0 Å². The Hall–Kier alpha value is -2.16. The smallest absolute Gasteiger partial charge is 0.391 e. The van der Waals surface area contributed by atoms with Crippen molar-refractivity contribution in [2.24, 2.45) is 0 Å². The van der Waals surface area contributed by atoms with E-state index in [1.807, 2.05) is 29.6 Å². The van der Waals surface area contributed by atoms with Crippen molar-refractivity contribution in [2.45, 2.75) is 44.3 Å². The van der Waals surface area contributed by atoms with Crippen LogP contribution in [0.5, 0.6) is 0 Å². The molecular weight excluding hydrogens is 357 g/mol. The van der Waals surface area contributed by atoms with E-state index >= 15 is 0 Å². The van der Waals surface area contributed by atoms with E-state index in [2.05, 4.69) is 4.98 Å². The van der Waals surface area contributed by atoms with Crippen LogP contribution in [0.1, 0.15) is 30.7 Å². The number of hydrogen-bond acceptors (Lipinski definition) is 4. The number of benzene rings is 1. The number of alkyl halides is 3. The van der Waals surface area contributed by atoms with Crippen molar-refractivity contribution in [3.8, 4) is 0 Å². The number of unbranched alkanes of at least 4 members (excludes halogenated alkanes) is 1. The molecule has 1 heterocycles. The number of carboxylic acids is 1. The molecule has 0 aliphatic carbocycles. The fourth-order valence-electron chi connectivity index (χ4n) is 2.29. The Balaban J connectivity index is 1.74. The number of carboxylic acid groups (broad SMARTS) is 1. The van der Waals surface area contributed by atoms with Gasteiger partial charge in [-0.05, 0) is 31.4 Å². The Kier molecular flexibility index (Phi) is 6.35. The van der Waals surface area contributed by atoms with Crippen LogP contribution in [-0.2, 0) is 16.0 Å². The molecule has 2 N–H and O–H groups in total. The van der Waals surface area contributed by atoms with Crippen molar-refractivity contribution in [3.05, 3.63) is 29.3 Å². The second kappa shape index (κ2) is 8.28. The lowest BCUT2D eigenvalue weighted by Gasteiger charge is -2.16. The zero-order valence-corrected chi connectivity index (χ0v) is 14.0. The lowest BCUT2D eigenvalue weighted by atomic mass is 10.1. The van der Waals surface area contributed by atoms with E-state index in [0.717, 1.165) is 15.2 Å². The minimum Gasteiger partial charge on any atom is -0.480 e. The first-order valence-electron chi connectivity index (χ1n) is 7.68. The van der Waals surface area contributed by atoms with Gasteiger partial charge < -0.3 is 10.4 Å².